The van der Waals surface area contributed by atoms with Gasteiger partial charge in [-0.05, 0) is 70.1 Å². The molecule has 198 valence electrons. The first-order chi connectivity index (χ1) is 19.1. The number of hydrogen-bond donors (Lipinski definition) is 1. The number of nitrogens with one attached hydrogen (secondary N) is 1. The van der Waals surface area contributed by atoms with Crippen LogP contribution in [0, 0.1) is 6.92 Å². The van der Waals surface area contributed by atoms with Crippen molar-refractivity contribution in [2.24, 2.45) is 0 Å². The van der Waals surface area contributed by atoms with E-state index >= 15 is 0 Å². The van der Waals surface area contributed by atoms with Gasteiger partial charge in [-0.25, -0.2) is 4.68 Å². The summed E-state index contributed by atoms with van der Waals surface area (Å²) >= 11 is 0. The number of nitrogens with zero attached hydrogens (tertiary/aromatic N) is 5. The van der Waals surface area contributed by atoms with Crippen LogP contribution < -0.4 is 15.0 Å². The standard InChI is InChI=1S/C30H30N6O3/c1-3-26(29-32-33-34-36(29)17-21-7-5-4-6-8-21)35(16-22-10-12-27-28(14-22)39-19-38-27)18-24-15-23-11-9-20(2)13-25(23)31-30(24)37/h4-15,26H,3,16-19H2,1-2H3,(H,31,37). The Labute approximate surface area is 226 Å². The number of fused-ring (bicyclic) bond motifs is 2. The summed E-state index contributed by atoms with van der Waals surface area (Å²) in [6, 6.07) is 24.1. The van der Waals surface area contributed by atoms with E-state index in [0.717, 1.165) is 51.3 Å². The van der Waals surface area contributed by atoms with Gasteiger partial charge in [-0.3, -0.25) is 9.69 Å². The Hall–Kier alpha value is -4.50. The van der Waals surface area contributed by atoms with Crippen LogP contribution in [0.5, 0.6) is 11.5 Å². The van der Waals surface area contributed by atoms with Crippen LogP contribution in [0.15, 0.2) is 77.6 Å². The molecule has 1 atom stereocenters. The minimum Gasteiger partial charge on any atom is -0.454 e. The number of pyridine rings is 1. The Bertz CT molecular complexity index is 1660. The molecule has 0 spiro atoms. The third-order valence-corrected chi connectivity index (χ3v) is 7.13. The quantitative estimate of drug-likeness (QED) is 0.298. The first-order valence-corrected chi connectivity index (χ1v) is 13.1. The zero-order valence-electron chi connectivity index (χ0n) is 22.0. The average molecular weight is 523 g/mol. The Kier molecular flexibility index (Phi) is 6.81. The molecule has 0 amide bonds. The molecule has 0 saturated heterocycles. The minimum atomic E-state index is -0.137. The van der Waals surface area contributed by atoms with E-state index in [0.29, 0.717) is 25.2 Å². The van der Waals surface area contributed by atoms with Gasteiger partial charge >= 0.3 is 0 Å². The van der Waals surface area contributed by atoms with E-state index in [9.17, 15) is 4.79 Å². The highest BCUT2D eigenvalue weighted by atomic mass is 16.7. The van der Waals surface area contributed by atoms with Crippen molar-refractivity contribution in [2.75, 3.05) is 6.79 Å². The largest absolute Gasteiger partial charge is 0.454 e. The van der Waals surface area contributed by atoms with Gasteiger partial charge in [0.15, 0.2) is 17.3 Å². The lowest BCUT2D eigenvalue weighted by molar-refractivity contribution is 0.161. The highest BCUT2D eigenvalue weighted by Crippen LogP contribution is 2.34. The second-order valence-corrected chi connectivity index (χ2v) is 9.91. The van der Waals surface area contributed by atoms with Crippen molar-refractivity contribution < 1.29 is 9.47 Å². The van der Waals surface area contributed by atoms with Gasteiger partial charge in [0.05, 0.1) is 12.6 Å². The topological polar surface area (TPSA) is 98.2 Å². The van der Waals surface area contributed by atoms with Crippen molar-refractivity contribution in [1.82, 2.24) is 30.1 Å². The predicted octanol–water partition coefficient (Wildman–Crippen LogP) is 4.75. The summed E-state index contributed by atoms with van der Waals surface area (Å²) < 4.78 is 13.0. The van der Waals surface area contributed by atoms with Crippen LogP contribution in [-0.2, 0) is 19.6 Å². The number of hydrogen-bond acceptors (Lipinski definition) is 7. The second kappa shape index (κ2) is 10.7. The molecule has 1 aliphatic heterocycles. The van der Waals surface area contributed by atoms with Gasteiger partial charge in [0, 0.05) is 24.2 Å². The zero-order chi connectivity index (χ0) is 26.8. The van der Waals surface area contributed by atoms with Gasteiger partial charge in [-0.1, -0.05) is 55.5 Å². The number of tetrazole rings is 1. The van der Waals surface area contributed by atoms with E-state index < -0.39 is 0 Å². The van der Waals surface area contributed by atoms with Gasteiger partial charge in [0.25, 0.3) is 5.56 Å². The number of aromatic amines is 1. The molecule has 9 heteroatoms. The molecular formula is C30H30N6O3. The fourth-order valence-corrected chi connectivity index (χ4v) is 5.17. The lowest BCUT2D eigenvalue weighted by atomic mass is 10.1. The van der Waals surface area contributed by atoms with Crippen molar-refractivity contribution in [3.63, 3.8) is 0 Å². The SMILES string of the molecule is CCC(c1nnnn1Cc1ccccc1)N(Cc1ccc2c(c1)OCO2)Cc1cc2ccc(C)cc2[nH]c1=O. The van der Waals surface area contributed by atoms with Crippen molar-refractivity contribution in [3.8, 4) is 11.5 Å². The van der Waals surface area contributed by atoms with E-state index in [1.165, 1.54) is 0 Å². The summed E-state index contributed by atoms with van der Waals surface area (Å²) in [4.78, 5) is 18.6. The Balaban J connectivity index is 1.37. The van der Waals surface area contributed by atoms with Crippen LogP contribution in [0.1, 0.15) is 47.5 Å². The van der Waals surface area contributed by atoms with Crippen molar-refractivity contribution in [2.45, 2.75) is 45.9 Å². The summed E-state index contributed by atoms with van der Waals surface area (Å²) in [5.41, 5.74) is 4.70. The molecule has 0 radical (unpaired) electrons. The third kappa shape index (κ3) is 5.26. The highest BCUT2D eigenvalue weighted by Gasteiger charge is 2.27. The van der Waals surface area contributed by atoms with E-state index in [-0.39, 0.29) is 18.4 Å². The number of aryl methyl sites for hydroxylation is 1. The molecule has 6 rings (SSSR count). The lowest BCUT2D eigenvalue weighted by Gasteiger charge is -2.30. The minimum absolute atomic E-state index is 0.0949. The van der Waals surface area contributed by atoms with E-state index in [2.05, 4.69) is 50.5 Å². The molecule has 0 aliphatic carbocycles. The van der Waals surface area contributed by atoms with Crippen LogP contribution in [0.2, 0.25) is 0 Å². The molecule has 3 heterocycles. The number of rotatable bonds is 9. The van der Waals surface area contributed by atoms with Crippen LogP contribution >= 0.6 is 0 Å². The maximum Gasteiger partial charge on any atom is 0.252 e. The molecular weight excluding hydrogens is 492 g/mol. The fraction of sp³-hybridized carbons (Fsp3) is 0.267. The van der Waals surface area contributed by atoms with Gasteiger partial charge in [-0.2, -0.15) is 0 Å². The van der Waals surface area contributed by atoms with Crippen molar-refractivity contribution >= 4 is 10.9 Å². The van der Waals surface area contributed by atoms with Crippen molar-refractivity contribution in [1.29, 1.82) is 0 Å². The number of ether oxygens (including phenoxy) is 2. The van der Waals surface area contributed by atoms with Gasteiger partial charge in [0.1, 0.15) is 0 Å². The fourth-order valence-electron chi connectivity index (χ4n) is 5.17. The maximum atomic E-state index is 13.2. The summed E-state index contributed by atoms with van der Waals surface area (Å²) in [7, 11) is 0. The smallest absolute Gasteiger partial charge is 0.252 e. The van der Waals surface area contributed by atoms with Gasteiger partial charge in [-0.15, -0.1) is 5.10 Å². The molecule has 9 nitrogen and oxygen atoms in total. The number of benzene rings is 3. The first kappa shape index (κ1) is 24.8. The molecule has 39 heavy (non-hydrogen) atoms. The molecule has 1 aliphatic rings. The molecule has 1 unspecified atom stereocenters. The summed E-state index contributed by atoms with van der Waals surface area (Å²) in [5.74, 6) is 2.23. The summed E-state index contributed by atoms with van der Waals surface area (Å²) in [6.07, 6.45) is 0.754. The van der Waals surface area contributed by atoms with Crippen LogP contribution in [0.3, 0.4) is 0 Å². The predicted molar refractivity (Wildman–Crippen MR) is 148 cm³/mol. The lowest BCUT2D eigenvalue weighted by Crippen LogP contribution is -2.32. The van der Waals surface area contributed by atoms with E-state index in [1.807, 2.05) is 66.2 Å². The number of H-pyrrole nitrogens is 1. The molecule has 2 aromatic heterocycles. The van der Waals surface area contributed by atoms with Gasteiger partial charge < -0.3 is 14.5 Å². The van der Waals surface area contributed by atoms with Crippen molar-refractivity contribution in [3.05, 3.63) is 111 Å². The Morgan fingerprint density at radius 3 is 2.67 bits per heavy atom. The molecule has 3 aromatic carbocycles. The summed E-state index contributed by atoms with van der Waals surface area (Å²) in [5, 5.41) is 13.8. The molecule has 0 saturated carbocycles. The normalized spacial score (nSPS) is 13.3. The third-order valence-electron chi connectivity index (χ3n) is 7.13. The van der Waals surface area contributed by atoms with Crippen LogP contribution in [-0.4, -0.2) is 36.9 Å². The zero-order valence-corrected chi connectivity index (χ0v) is 22.0. The molecule has 5 aromatic rings. The first-order valence-electron chi connectivity index (χ1n) is 13.1. The molecule has 1 N–H and O–H groups in total. The maximum absolute atomic E-state index is 13.2. The monoisotopic (exact) mass is 522 g/mol. The Morgan fingerprint density at radius 1 is 0.974 bits per heavy atom. The van der Waals surface area contributed by atoms with E-state index in [1.54, 1.807) is 0 Å². The average Bonchev–Trinajstić information content (AvgIpc) is 3.60. The summed E-state index contributed by atoms with van der Waals surface area (Å²) in [6.45, 7) is 5.91. The molecule has 0 fully saturated rings. The van der Waals surface area contributed by atoms with Crippen LogP contribution in [0.4, 0.5) is 0 Å². The van der Waals surface area contributed by atoms with E-state index in [4.69, 9.17) is 9.47 Å². The second-order valence-electron chi connectivity index (χ2n) is 9.91. The van der Waals surface area contributed by atoms with Gasteiger partial charge in [0.2, 0.25) is 6.79 Å². The molecule has 0 bridgehead atoms. The van der Waals surface area contributed by atoms with Crippen LogP contribution in [0.25, 0.3) is 10.9 Å². The highest BCUT2D eigenvalue weighted by molar-refractivity contribution is 5.79. The Morgan fingerprint density at radius 2 is 1.82 bits per heavy atom. The number of aromatic nitrogens is 5.